The molecular weight excluding hydrogens is 320 g/mol. The van der Waals surface area contributed by atoms with E-state index < -0.39 is 5.72 Å². The fraction of sp³-hybridized carbons (Fsp3) is 0.952. The summed E-state index contributed by atoms with van der Waals surface area (Å²) in [4.78, 5) is 12.1. The van der Waals surface area contributed by atoms with E-state index in [1.165, 1.54) is 12.8 Å². The van der Waals surface area contributed by atoms with Gasteiger partial charge in [0.25, 0.3) is 0 Å². The summed E-state index contributed by atoms with van der Waals surface area (Å²) in [7, 11) is 4.96. The number of hydrogen-bond donors (Lipinski definition) is 1. The van der Waals surface area contributed by atoms with Crippen LogP contribution in [0.4, 0.5) is 0 Å². The van der Waals surface area contributed by atoms with Crippen molar-refractivity contribution in [2.45, 2.75) is 116 Å². The van der Waals surface area contributed by atoms with E-state index in [1.54, 1.807) is 0 Å². The van der Waals surface area contributed by atoms with Gasteiger partial charge >= 0.3 is 0 Å². The van der Waals surface area contributed by atoms with Crippen molar-refractivity contribution < 1.29 is 9.53 Å². The Labute approximate surface area is 164 Å². The normalized spacial score (nSPS) is 23.8. The van der Waals surface area contributed by atoms with E-state index in [0.29, 0.717) is 31.1 Å². The third kappa shape index (κ3) is 8.61. The van der Waals surface area contributed by atoms with Crippen LogP contribution in [0.5, 0.6) is 0 Å². The van der Waals surface area contributed by atoms with Gasteiger partial charge in [-0.1, -0.05) is 85.2 Å². The molecule has 26 heavy (non-hydrogen) atoms. The number of hydrogen-bond acceptors (Lipinski definition) is 3. The van der Waals surface area contributed by atoms with Crippen LogP contribution in [0.2, 0.25) is 22.3 Å². The van der Waals surface area contributed by atoms with Crippen LogP contribution in [-0.2, 0) is 9.53 Å². The molecule has 3 atom stereocenters. The molecular formula is C21H41B2NO2. The maximum Gasteiger partial charge on any atom is 0.138 e. The number of nitrogens with two attached hydrogens (primary N) is 1. The molecule has 3 nitrogen and oxygen atoms in total. The lowest BCUT2D eigenvalue weighted by Crippen LogP contribution is -2.43. The number of rotatable bonds is 9. The summed E-state index contributed by atoms with van der Waals surface area (Å²) >= 11 is 0. The fourth-order valence-electron chi connectivity index (χ4n) is 3.40. The molecule has 0 saturated heterocycles. The largest absolute Gasteiger partial charge is 0.361 e. The Bertz CT molecular complexity index is 475. The predicted molar refractivity (Wildman–Crippen MR) is 114 cm³/mol. The highest BCUT2D eigenvalue weighted by Gasteiger charge is 2.39. The van der Waals surface area contributed by atoms with Gasteiger partial charge in [-0.05, 0) is 18.7 Å². The Hall–Kier alpha value is -0.280. The van der Waals surface area contributed by atoms with Gasteiger partial charge in [-0.15, -0.1) is 0 Å². The van der Waals surface area contributed by atoms with Gasteiger partial charge in [-0.2, -0.15) is 0 Å². The van der Waals surface area contributed by atoms with Gasteiger partial charge in [0.2, 0.25) is 0 Å². The Kier molecular flexibility index (Phi) is 7.66. The third-order valence-electron chi connectivity index (χ3n) is 5.22. The SMILES string of the molecule is CC(C)(C)[B]C1CCC1[B]C(C)(C)COC(C)(N)CCC(=O)C(C)(C)C. The maximum atomic E-state index is 12.1. The molecule has 3 unspecified atom stereocenters. The lowest BCUT2D eigenvalue weighted by Gasteiger charge is -2.43. The summed E-state index contributed by atoms with van der Waals surface area (Å²) < 4.78 is 6.05. The molecule has 0 bridgehead atoms. The van der Waals surface area contributed by atoms with Crippen molar-refractivity contribution in [1.82, 2.24) is 0 Å². The average molecular weight is 361 g/mol. The van der Waals surface area contributed by atoms with Gasteiger partial charge in [0.1, 0.15) is 26.1 Å². The van der Waals surface area contributed by atoms with E-state index in [2.05, 4.69) is 49.2 Å². The molecule has 2 radical (unpaired) electrons. The Morgan fingerprint density at radius 2 is 1.46 bits per heavy atom. The highest BCUT2D eigenvalue weighted by Crippen LogP contribution is 2.50. The minimum Gasteiger partial charge on any atom is -0.361 e. The molecule has 5 heteroatoms. The molecule has 1 rings (SSSR count). The molecule has 0 aromatic carbocycles. The highest BCUT2D eigenvalue weighted by molar-refractivity contribution is 6.49. The molecule has 0 heterocycles. The van der Waals surface area contributed by atoms with E-state index in [0.717, 1.165) is 0 Å². The van der Waals surface area contributed by atoms with Crippen LogP contribution in [0, 0.1) is 5.41 Å². The zero-order chi connectivity index (χ0) is 20.4. The summed E-state index contributed by atoms with van der Waals surface area (Å²) in [5.74, 6) is 1.56. The second-order valence-electron chi connectivity index (χ2n) is 11.4. The third-order valence-corrected chi connectivity index (χ3v) is 5.22. The quantitative estimate of drug-likeness (QED) is 0.450. The highest BCUT2D eigenvalue weighted by atomic mass is 16.5. The lowest BCUT2D eigenvalue weighted by atomic mass is 9.30. The number of carbonyl (C=O) groups excluding carboxylic acids is 1. The van der Waals surface area contributed by atoms with Crippen LogP contribution in [0.25, 0.3) is 0 Å². The van der Waals surface area contributed by atoms with Crippen LogP contribution < -0.4 is 5.73 Å². The van der Waals surface area contributed by atoms with E-state index in [-0.39, 0.29) is 21.8 Å². The average Bonchev–Trinajstić information content (AvgIpc) is 2.44. The molecule has 2 N–H and O–H groups in total. The number of Topliss-reactive ketones (excluding diaryl/α,β-unsaturated/α-hetero) is 1. The Morgan fingerprint density at radius 1 is 0.962 bits per heavy atom. The van der Waals surface area contributed by atoms with Crippen LogP contribution >= 0.6 is 0 Å². The van der Waals surface area contributed by atoms with Crippen molar-refractivity contribution in [3.05, 3.63) is 0 Å². The number of ketones is 1. The van der Waals surface area contributed by atoms with E-state index >= 15 is 0 Å². The lowest BCUT2D eigenvalue weighted by molar-refractivity contribution is -0.128. The zero-order valence-corrected chi connectivity index (χ0v) is 18.7. The Balaban J connectivity index is 2.45. The van der Waals surface area contributed by atoms with Crippen molar-refractivity contribution in [3.63, 3.8) is 0 Å². The molecule has 0 aromatic rings. The minimum atomic E-state index is -0.761. The minimum absolute atomic E-state index is 0.0241. The maximum absolute atomic E-state index is 12.1. The second kappa shape index (κ2) is 8.39. The first-order chi connectivity index (χ1) is 11.5. The van der Waals surface area contributed by atoms with E-state index in [9.17, 15) is 4.79 Å². The van der Waals surface area contributed by atoms with E-state index in [1.807, 2.05) is 27.7 Å². The summed E-state index contributed by atoms with van der Waals surface area (Å²) in [5, 5.41) is 0.247. The number of carbonyl (C=O) groups is 1. The molecule has 0 aromatic heterocycles. The molecule has 148 valence electrons. The van der Waals surface area contributed by atoms with Crippen LogP contribution in [0.3, 0.4) is 0 Å². The topological polar surface area (TPSA) is 52.3 Å². The molecule has 0 aliphatic heterocycles. The standard InChI is InChI=1S/C21H41B2NO2/c1-18(2,3)17(25)12-13-21(9,24)26-14-20(7,8)23-16-11-10-15(16)22-19(4,5)6/h15-16H,10-14,24H2,1-9H3. The molecule has 1 saturated carbocycles. The molecule has 1 aliphatic rings. The van der Waals surface area contributed by atoms with Crippen molar-refractivity contribution in [2.24, 2.45) is 11.1 Å². The zero-order valence-electron chi connectivity index (χ0n) is 18.7. The van der Waals surface area contributed by atoms with Crippen LogP contribution in [0.15, 0.2) is 0 Å². The number of ether oxygens (including phenoxy) is 1. The molecule has 0 amide bonds. The predicted octanol–water partition coefficient (Wildman–Crippen LogP) is 5.27. The van der Waals surface area contributed by atoms with Gasteiger partial charge in [-0.25, -0.2) is 0 Å². The second-order valence-corrected chi connectivity index (χ2v) is 11.4. The first kappa shape index (κ1) is 23.8. The summed E-state index contributed by atoms with van der Waals surface area (Å²) in [6.45, 7) is 19.6. The first-order valence-electron chi connectivity index (χ1n) is 10.2. The van der Waals surface area contributed by atoms with Gasteiger partial charge < -0.3 is 10.5 Å². The summed E-state index contributed by atoms with van der Waals surface area (Å²) in [6, 6.07) is 0. The van der Waals surface area contributed by atoms with Crippen LogP contribution in [0.1, 0.15) is 88.0 Å². The van der Waals surface area contributed by atoms with Crippen molar-refractivity contribution in [3.8, 4) is 0 Å². The van der Waals surface area contributed by atoms with Crippen LogP contribution in [-0.4, -0.2) is 32.7 Å². The summed E-state index contributed by atoms with van der Waals surface area (Å²) in [5.41, 5.74) is 5.23. The Morgan fingerprint density at radius 3 is 1.88 bits per heavy atom. The van der Waals surface area contributed by atoms with Gasteiger partial charge in [0.05, 0.1) is 0 Å². The molecule has 1 fully saturated rings. The van der Waals surface area contributed by atoms with Gasteiger partial charge in [0, 0.05) is 18.4 Å². The molecule has 0 spiro atoms. The van der Waals surface area contributed by atoms with Crippen molar-refractivity contribution in [2.75, 3.05) is 6.61 Å². The van der Waals surface area contributed by atoms with Gasteiger partial charge in [0.15, 0.2) is 0 Å². The van der Waals surface area contributed by atoms with Crippen molar-refractivity contribution in [1.29, 1.82) is 0 Å². The first-order valence-corrected chi connectivity index (χ1v) is 10.2. The smallest absolute Gasteiger partial charge is 0.138 e. The summed E-state index contributed by atoms with van der Waals surface area (Å²) in [6.07, 6.45) is 3.58. The van der Waals surface area contributed by atoms with Gasteiger partial charge in [-0.3, -0.25) is 4.79 Å². The monoisotopic (exact) mass is 361 g/mol. The fourth-order valence-corrected chi connectivity index (χ4v) is 3.40. The molecule has 1 aliphatic carbocycles. The van der Waals surface area contributed by atoms with Crippen molar-refractivity contribution >= 4 is 20.3 Å². The van der Waals surface area contributed by atoms with E-state index in [4.69, 9.17) is 10.5 Å².